The highest BCUT2D eigenvalue weighted by Crippen LogP contribution is 2.36. The monoisotopic (exact) mass is 368 g/mol. The van der Waals surface area contributed by atoms with Crippen molar-refractivity contribution < 1.29 is 0 Å². The Bertz CT molecular complexity index is 1140. The van der Waals surface area contributed by atoms with E-state index in [1.54, 1.807) is 0 Å². The Balaban J connectivity index is 2.02. The van der Waals surface area contributed by atoms with Crippen LogP contribution in [0.15, 0.2) is 48.5 Å². The summed E-state index contributed by atoms with van der Waals surface area (Å²) in [5.41, 5.74) is 7.41. The zero-order valence-electron chi connectivity index (χ0n) is 17.3. The summed E-state index contributed by atoms with van der Waals surface area (Å²) >= 11 is 0. The molecule has 0 saturated carbocycles. The molecule has 28 heavy (non-hydrogen) atoms. The lowest BCUT2D eigenvalue weighted by molar-refractivity contribution is 0.922. The lowest BCUT2D eigenvalue weighted by atomic mass is 9.92. The molecule has 0 N–H and O–H groups in total. The summed E-state index contributed by atoms with van der Waals surface area (Å²) in [7, 11) is 0. The third-order valence-electron chi connectivity index (χ3n) is 5.50. The molecule has 0 bridgehead atoms. The number of aryl methyl sites for hydroxylation is 4. The second kappa shape index (κ2) is 7.71. The van der Waals surface area contributed by atoms with E-state index in [9.17, 15) is 0 Å². The maximum Gasteiger partial charge on any atom is 0.126 e. The number of fused-ring (bicyclic) bond motifs is 3. The molecule has 0 atom stereocenters. The van der Waals surface area contributed by atoms with Crippen molar-refractivity contribution in [3.8, 4) is 11.1 Å². The van der Waals surface area contributed by atoms with Gasteiger partial charge in [0.2, 0.25) is 0 Å². The van der Waals surface area contributed by atoms with Crippen molar-refractivity contribution in [2.75, 3.05) is 0 Å². The van der Waals surface area contributed by atoms with Crippen LogP contribution in [0.3, 0.4) is 0 Å². The minimum atomic E-state index is 0.830. The molecule has 0 spiro atoms. The van der Waals surface area contributed by atoms with E-state index in [0.29, 0.717) is 0 Å². The molecule has 2 heteroatoms. The molecular weight excluding hydrogens is 340 g/mol. The Labute approximate surface area is 167 Å². The van der Waals surface area contributed by atoms with Crippen molar-refractivity contribution in [1.29, 1.82) is 0 Å². The lowest BCUT2D eigenvalue weighted by Gasteiger charge is -2.14. The summed E-state index contributed by atoms with van der Waals surface area (Å²) in [6, 6.07) is 18.2. The van der Waals surface area contributed by atoms with Gasteiger partial charge in [-0.3, -0.25) is 0 Å². The van der Waals surface area contributed by atoms with Gasteiger partial charge in [0.05, 0.1) is 5.52 Å². The van der Waals surface area contributed by atoms with E-state index in [1.807, 2.05) is 6.92 Å². The largest absolute Gasteiger partial charge is 0.238 e. The Morgan fingerprint density at radius 1 is 0.714 bits per heavy atom. The minimum Gasteiger partial charge on any atom is -0.238 e. The van der Waals surface area contributed by atoms with Crippen molar-refractivity contribution in [3.63, 3.8) is 0 Å². The van der Waals surface area contributed by atoms with Gasteiger partial charge < -0.3 is 0 Å². The molecule has 0 radical (unpaired) electrons. The predicted molar refractivity (Wildman–Crippen MR) is 120 cm³/mol. The highest BCUT2D eigenvalue weighted by molar-refractivity contribution is 6.13. The highest BCUT2D eigenvalue weighted by Gasteiger charge is 2.13. The molecule has 0 unspecified atom stereocenters. The first-order valence-corrected chi connectivity index (χ1v) is 10.4. The summed E-state index contributed by atoms with van der Waals surface area (Å²) in [5, 5.41) is 3.73. The van der Waals surface area contributed by atoms with Crippen molar-refractivity contribution in [2.24, 2.45) is 0 Å². The van der Waals surface area contributed by atoms with Crippen LogP contribution >= 0.6 is 0 Å². The smallest absolute Gasteiger partial charge is 0.126 e. The molecule has 3 aromatic carbocycles. The average Bonchev–Trinajstić information content (AvgIpc) is 2.68. The number of hydrogen-bond donors (Lipinski definition) is 0. The van der Waals surface area contributed by atoms with Crippen LogP contribution < -0.4 is 0 Å². The number of rotatable bonds is 5. The van der Waals surface area contributed by atoms with Crippen molar-refractivity contribution in [3.05, 3.63) is 71.2 Å². The predicted octanol–water partition coefficient (Wildman–Crippen LogP) is 6.97. The molecule has 1 heterocycles. The number of hydrogen-bond acceptors (Lipinski definition) is 2. The van der Waals surface area contributed by atoms with Crippen LogP contribution in [0.25, 0.3) is 32.8 Å². The topological polar surface area (TPSA) is 25.8 Å². The van der Waals surface area contributed by atoms with Crippen LogP contribution in [0, 0.1) is 13.8 Å². The molecule has 0 aliphatic carbocycles. The van der Waals surface area contributed by atoms with Crippen molar-refractivity contribution in [2.45, 2.75) is 53.4 Å². The fourth-order valence-electron chi connectivity index (χ4n) is 4.25. The van der Waals surface area contributed by atoms with Gasteiger partial charge in [-0.15, -0.1) is 0 Å². The average molecular weight is 369 g/mol. The van der Waals surface area contributed by atoms with Crippen LogP contribution in [0.1, 0.15) is 49.3 Å². The first-order chi connectivity index (χ1) is 13.6. The summed E-state index contributed by atoms with van der Waals surface area (Å²) in [5.74, 6) is 0.830. The molecule has 4 rings (SSSR count). The summed E-state index contributed by atoms with van der Waals surface area (Å²) in [6.45, 7) is 8.53. The van der Waals surface area contributed by atoms with Crippen LogP contribution in [-0.2, 0) is 12.8 Å². The van der Waals surface area contributed by atoms with Crippen molar-refractivity contribution >= 4 is 21.7 Å². The van der Waals surface area contributed by atoms with Gasteiger partial charge in [-0.05, 0) is 65.8 Å². The summed E-state index contributed by atoms with van der Waals surface area (Å²) in [4.78, 5) is 9.40. The summed E-state index contributed by atoms with van der Waals surface area (Å²) in [6.07, 6.45) is 4.56. The normalized spacial score (nSPS) is 11.4. The number of nitrogens with zero attached hydrogens (tertiary/aromatic N) is 2. The van der Waals surface area contributed by atoms with Gasteiger partial charge in [0.1, 0.15) is 5.82 Å². The second-order valence-corrected chi connectivity index (χ2v) is 7.75. The maximum absolute atomic E-state index is 4.77. The van der Waals surface area contributed by atoms with E-state index in [1.165, 1.54) is 44.8 Å². The zero-order chi connectivity index (χ0) is 19.7. The lowest BCUT2D eigenvalue weighted by Crippen LogP contribution is -1.96. The van der Waals surface area contributed by atoms with Crippen LogP contribution in [0.5, 0.6) is 0 Å². The quantitative estimate of drug-likeness (QED) is 0.355. The van der Waals surface area contributed by atoms with Gasteiger partial charge in [0.25, 0.3) is 0 Å². The van der Waals surface area contributed by atoms with Crippen LogP contribution in [-0.4, -0.2) is 9.97 Å². The Morgan fingerprint density at radius 2 is 1.39 bits per heavy atom. The molecular formula is C26H28N2. The molecule has 4 aromatic rings. The molecule has 142 valence electrons. The third-order valence-corrected chi connectivity index (χ3v) is 5.50. The molecule has 1 aromatic heterocycles. The SMILES string of the molecule is CCCc1ccc(-c2cc3nc(C)nc(C)c3c3ccc(CCC)cc23)cc1. The summed E-state index contributed by atoms with van der Waals surface area (Å²) < 4.78 is 0. The van der Waals surface area contributed by atoms with E-state index in [2.05, 4.69) is 74.3 Å². The van der Waals surface area contributed by atoms with Gasteiger partial charge in [-0.1, -0.05) is 69.2 Å². The van der Waals surface area contributed by atoms with Crippen molar-refractivity contribution in [1.82, 2.24) is 9.97 Å². The minimum absolute atomic E-state index is 0.830. The fraction of sp³-hybridized carbons (Fsp3) is 0.308. The Hall–Kier alpha value is -2.74. The van der Waals surface area contributed by atoms with Crippen LogP contribution in [0.2, 0.25) is 0 Å². The molecule has 0 fully saturated rings. The first-order valence-electron chi connectivity index (χ1n) is 10.4. The standard InChI is InChI=1S/C26H28N2/c1-5-7-19-9-12-21(13-10-19)23-16-25-26(17(3)27-18(4)28-25)22-14-11-20(8-6-2)15-24(22)23/h9-16H,5-8H2,1-4H3. The number of benzene rings is 3. The molecule has 0 aliphatic heterocycles. The Morgan fingerprint density at radius 3 is 2.11 bits per heavy atom. The van der Waals surface area contributed by atoms with E-state index >= 15 is 0 Å². The van der Waals surface area contributed by atoms with Gasteiger partial charge in [-0.25, -0.2) is 9.97 Å². The van der Waals surface area contributed by atoms with Gasteiger partial charge in [-0.2, -0.15) is 0 Å². The van der Waals surface area contributed by atoms with E-state index < -0.39 is 0 Å². The van der Waals surface area contributed by atoms with E-state index in [-0.39, 0.29) is 0 Å². The first kappa shape index (κ1) is 18.6. The molecule has 0 amide bonds. The molecule has 2 nitrogen and oxygen atoms in total. The molecule has 0 saturated heterocycles. The second-order valence-electron chi connectivity index (χ2n) is 7.75. The maximum atomic E-state index is 4.77. The van der Waals surface area contributed by atoms with Gasteiger partial charge >= 0.3 is 0 Å². The van der Waals surface area contributed by atoms with Gasteiger partial charge in [0, 0.05) is 11.1 Å². The molecule has 0 aliphatic rings. The highest BCUT2D eigenvalue weighted by atomic mass is 14.9. The Kier molecular flexibility index (Phi) is 5.13. The van der Waals surface area contributed by atoms with Crippen LogP contribution in [0.4, 0.5) is 0 Å². The van der Waals surface area contributed by atoms with E-state index in [4.69, 9.17) is 4.98 Å². The van der Waals surface area contributed by atoms with E-state index in [0.717, 1.165) is 36.3 Å². The van der Waals surface area contributed by atoms with Gasteiger partial charge in [0.15, 0.2) is 0 Å². The third kappa shape index (κ3) is 3.40. The fourth-order valence-corrected chi connectivity index (χ4v) is 4.25. The number of aromatic nitrogens is 2. The zero-order valence-corrected chi connectivity index (χ0v) is 17.3.